The lowest BCUT2D eigenvalue weighted by Crippen LogP contribution is -2.45. The van der Waals surface area contributed by atoms with Gasteiger partial charge in [0.25, 0.3) is 0 Å². The molecule has 0 spiro atoms. The molecule has 0 saturated heterocycles. The van der Waals surface area contributed by atoms with Gasteiger partial charge in [0, 0.05) is 0 Å². The van der Waals surface area contributed by atoms with Crippen molar-refractivity contribution < 1.29 is 25.0 Å². The van der Waals surface area contributed by atoms with Crippen molar-refractivity contribution in [2.45, 2.75) is 25.2 Å². The van der Waals surface area contributed by atoms with Crippen LogP contribution in [-0.2, 0) is 9.63 Å². The number of nitrogens with two attached hydrogens (primary N) is 1. The van der Waals surface area contributed by atoms with Crippen molar-refractivity contribution in [2.75, 3.05) is 6.61 Å². The number of carbonyl (C=O) groups is 1. The molecule has 6 heteroatoms. The van der Waals surface area contributed by atoms with Gasteiger partial charge in [0.2, 0.25) is 0 Å². The third kappa shape index (κ3) is 2.84. The summed E-state index contributed by atoms with van der Waals surface area (Å²) in [5, 5.41) is 26.4. The number of ketones is 1. The average molecular weight is 179 g/mol. The second-order valence-corrected chi connectivity index (χ2v) is 2.41. The predicted octanol–water partition coefficient (Wildman–Crippen LogP) is -2.45. The molecule has 0 saturated carbocycles. The Labute approximate surface area is 69.5 Å². The second kappa shape index (κ2) is 5.18. The molecule has 0 bridgehead atoms. The lowest BCUT2D eigenvalue weighted by atomic mass is 10.1. The van der Waals surface area contributed by atoms with Crippen LogP contribution < -0.4 is 5.90 Å². The Morgan fingerprint density at radius 1 is 1.58 bits per heavy atom. The first-order valence-corrected chi connectivity index (χ1v) is 3.37. The zero-order chi connectivity index (χ0) is 9.72. The quantitative estimate of drug-likeness (QED) is 0.348. The Kier molecular flexibility index (Phi) is 4.95. The van der Waals surface area contributed by atoms with Crippen LogP contribution in [0.3, 0.4) is 0 Å². The summed E-state index contributed by atoms with van der Waals surface area (Å²) in [5.74, 6) is 4.18. The Balaban J connectivity index is 4.20. The van der Waals surface area contributed by atoms with Crippen LogP contribution >= 0.6 is 0 Å². The maximum Gasteiger partial charge on any atom is 0.165 e. The Hall–Kier alpha value is -0.530. The normalized spacial score (nSPS) is 18.4. The highest BCUT2D eigenvalue weighted by Crippen LogP contribution is 2.03. The van der Waals surface area contributed by atoms with Gasteiger partial charge in [-0.1, -0.05) is 0 Å². The largest absolute Gasteiger partial charge is 0.394 e. The fourth-order valence-electron chi connectivity index (χ4n) is 0.727. The van der Waals surface area contributed by atoms with Crippen molar-refractivity contribution in [2.24, 2.45) is 5.90 Å². The van der Waals surface area contributed by atoms with Crippen molar-refractivity contribution in [3.8, 4) is 0 Å². The molecule has 0 heterocycles. The van der Waals surface area contributed by atoms with Gasteiger partial charge in [-0.2, -0.15) is 0 Å². The molecule has 0 unspecified atom stereocenters. The van der Waals surface area contributed by atoms with Crippen LogP contribution in [0.1, 0.15) is 6.92 Å². The zero-order valence-corrected chi connectivity index (χ0v) is 6.67. The molecule has 0 aliphatic heterocycles. The van der Waals surface area contributed by atoms with E-state index in [4.69, 9.17) is 21.2 Å². The summed E-state index contributed by atoms with van der Waals surface area (Å²) >= 11 is 0. The van der Waals surface area contributed by atoms with E-state index in [1.807, 2.05) is 0 Å². The SMILES string of the molecule is CC(=O)[C@@H](ON)[C@H](O)[C@H](O)CO. The first kappa shape index (κ1) is 11.5. The molecule has 0 amide bonds. The van der Waals surface area contributed by atoms with Crippen molar-refractivity contribution in [3.05, 3.63) is 0 Å². The summed E-state index contributed by atoms with van der Waals surface area (Å²) in [6, 6.07) is 0. The first-order chi connectivity index (χ1) is 5.54. The van der Waals surface area contributed by atoms with E-state index in [0.717, 1.165) is 6.92 Å². The van der Waals surface area contributed by atoms with Gasteiger partial charge in [0.15, 0.2) is 11.9 Å². The van der Waals surface area contributed by atoms with E-state index in [0.29, 0.717) is 0 Å². The first-order valence-electron chi connectivity index (χ1n) is 3.37. The van der Waals surface area contributed by atoms with Crippen LogP contribution in [0.25, 0.3) is 0 Å². The standard InChI is InChI=1S/C6H13NO5/c1-3(9)6(12-7)5(11)4(10)2-8/h4-6,8,10-11H,2,7H2,1H3/t4-,5-,6-/m1/s1. The van der Waals surface area contributed by atoms with Gasteiger partial charge < -0.3 is 15.3 Å². The van der Waals surface area contributed by atoms with Crippen LogP contribution in [0.15, 0.2) is 0 Å². The number of rotatable bonds is 5. The van der Waals surface area contributed by atoms with Crippen molar-refractivity contribution >= 4 is 5.78 Å². The average Bonchev–Trinajstić information content (AvgIpc) is 2.03. The molecule has 12 heavy (non-hydrogen) atoms. The van der Waals surface area contributed by atoms with Gasteiger partial charge in [0.05, 0.1) is 6.61 Å². The lowest BCUT2D eigenvalue weighted by Gasteiger charge is -2.21. The fraction of sp³-hybridized carbons (Fsp3) is 0.833. The minimum absolute atomic E-state index is 0.516. The van der Waals surface area contributed by atoms with E-state index >= 15 is 0 Å². The molecule has 0 radical (unpaired) electrons. The van der Waals surface area contributed by atoms with E-state index in [9.17, 15) is 4.79 Å². The monoisotopic (exact) mass is 179 g/mol. The molecule has 72 valence electrons. The van der Waals surface area contributed by atoms with Gasteiger partial charge in [-0.15, -0.1) is 0 Å². The maximum absolute atomic E-state index is 10.7. The van der Waals surface area contributed by atoms with E-state index in [-0.39, 0.29) is 0 Å². The van der Waals surface area contributed by atoms with Crippen molar-refractivity contribution in [1.29, 1.82) is 0 Å². The van der Waals surface area contributed by atoms with Crippen molar-refractivity contribution in [1.82, 2.24) is 0 Å². The number of hydrogen-bond donors (Lipinski definition) is 4. The smallest absolute Gasteiger partial charge is 0.165 e. The molecule has 6 nitrogen and oxygen atoms in total. The Morgan fingerprint density at radius 3 is 2.33 bits per heavy atom. The number of aliphatic hydroxyl groups excluding tert-OH is 3. The third-order valence-electron chi connectivity index (χ3n) is 1.44. The highest BCUT2D eigenvalue weighted by Gasteiger charge is 2.29. The van der Waals surface area contributed by atoms with Crippen LogP contribution in [0.4, 0.5) is 0 Å². The molecule has 0 aromatic rings. The van der Waals surface area contributed by atoms with Crippen molar-refractivity contribution in [3.63, 3.8) is 0 Å². The Morgan fingerprint density at radius 2 is 2.08 bits per heavy atom. The third-order valence-corrected chi connectivity index (χ3v) is 1.44. The van der Waals surface area contributed by atoms with Gasteiger partial charge in [-0.3, -0.25) is 9.63 Å². The molecule has 0 rings (SSSR count). The molecule has 0 aromatic heterocycles. The van der Waals surface area contributed by atoms with E-state index in [1.165, 1.54) is 0 Å². The summed E-state index contributed by atoms with van der Waals surface area (Å²) in [6.07, 6.45) is -4.23. The van der Waals surface area contributed by atoms with Gasteiger partial charge >= 0.3 is 0 Å². The molecular weight excluding hydrogens is 166 g/mol. The molecule has 0 fully saturated rings. The fourth-order valence-corrected chi connectivity index (χ4v) is 0.727. The highest BCUT2D eigenvalue weighted by molar-refractivity contribution is 5.81. The van der Waals surface area contributed by atoms with E-state index in [2.05, 4.69) is 4.84 Å². The second-order valence-electron chi connectivity index (χ2n) is 2.41. The molecular formula is C6H13NO5. The predicted molar refractivity (Wildman–Crippen MR) is 38.8 cm³/mol. The maximum atomic E-state index is 10.7. The minimum Gasteiger partial charge on any atom is -0.394 e. The summed E-state index contributed by atoms with van der Waals surface area (Å²) in [6.45, 7) is 0.499. The molecule has 0 aliphatic carbocycles. The summed E-state index contributed by atoms with van der Waals surface area (Å²) in [5.41, 5.74) is 0. The Bertz CT molecular complexity index is 151. The number of aliphatic hydroxyl groups is 3. The van der Waals surface area contributed by atoms with Crippen LogP contribution in [0.5, 0.6) is 0 Å². The molecule has 3 atom stereocenters. The lowest BCUT2D eigenvalue weighted by molar-refractivity contribution is -0.146. The molecule has 5 N–H and O–H groups in total. The van der Waals surface area contributed by atoms with Crippen LogP contribution in [-0.4, -0.2) is 46.0 Å². The molecule has 0 aliphatic rings. The summed E-state index contributed by atoms with van der Waals surface area (Å²) < 4.78 is 0. The van der Waals surface area contributed by atoms with Gasteiger partial charge in [0.1, 0.15) is 12.2 Å². The summed E-state index contributed by atoms with van der Waals surface area (Å²) in [7, 11) is 0. The molecule has 0 aromatic carbocycles. The number of hydrogen-bond acceptors (Lipinski definition) is 6. The number of carbonyl (C=O) groups excluding carboxylic acids is 1. The highest BCUT2D eigenvalue weighted by atomic mass is 16.6. The van der Waals surface area contributed by atoms with Crippen LogP contribution in [0, 0.1) is 0 Å². The van der Waals surface area contributed by atoms with Gasteiger partial charge in [-0.05, 0) is 6.92 Å². The summed E-state index contributed by atoms with van der Waals surface area (Å²) in [4.78, 5) is 14.8. The zero-order valence-electron chi connectivity index (χ0n) is 6.67. The van der Waals surface area contributed by atoms with Gasteiger partial charge in [-0.25, -0.2) is 5.90 Å². The number of Topliss-reactive ketones (excluding diaryl/α,β-unsaturated/α-hetero) is 1. The van der Waals surface area contributed by atoms with E-state index in [1.54, 1.807) is 0 Å². The van der Waals surface area contributed by atoms with Crippen LogP contribution in [0.2, 0.25) is 0 Å². The minimum atomic E-state index is -1.50. The topological polar surface area (TPSA) is 113 Å². The van der Waals surface area contributed by atoms with E-state index < -0.39 is 30.7 Å².